The number of hydrogen-bond acceptors (Lipinski definition) is 13. The van der Waals surface area contributed by atoms with Crippen LogP contribution in [0.5, 0.6) is 0 Å². The van der Waals surface area contributed by atoms with E-state index in [-0.39, 0.29) is 62.0 Å². The Bertz CT molecular complexity index is 3990. The number of sulfonamides is 3. The lowest BCUT2D eigenvalue weighted by molar-refractivity contribution is 0.0686. The molecule has 0 amide bonds. The molecule has 0 saturated carbocycles. The van der Waals surface area contributed by atoms with E-state index in [9.17, 15) is 55.0 Å². The second kappa shape index (κ2) is 25.2. The molecule has 0 aliphatic rings. The number of rotatable bonds is 18. The summed E-state index contributed by atoms with van der Waals surface area (Å²) in [6, 6.07) is 46.4. The summed E-state index contributed by atoms with van der Waals surface area (Å²) in [7, 11) is -8.51. The molecule has 9 rings (SSSR count). The molecule has 0 aliphatic heterocycles. The lowest BCUT2D eigenvalue weighted by atomic mass is 10.2. The topological polar surface area (TPSA) is 273 Å². The van der Waals surface area contributed by atoms with Crippen LogP contribution < -0.4 is 12.9 Å². The first-order valence-electron chi connectivity index (χ1n) is 24.1. The van der Waals surface area contributed by atoms with E-state index in [0.717, 1.165) is 32.3 Å². The molecule has 414 valence electrons. The Morgan fingerprint density at radius 3 is 1.18 bits per heavy atom. The number of carboxylic acids is 3. The SMILES string of the molecule is Cc1nc(C)c(S(=O)(=O)N(Cc2ccccc2)c2cccc(C(=O)O)c2)s1.Cc1nc(S(=O)(=O)N(Cc2ccccc2)c2cccc(C(=O)O)c2)cn1C.Cn1ccc(S(=O)(=O)N(Cc2ccccc2)c2cccc(C(=O)O)c2)n1. The molecule has 3 N–H and O–H groups in total. The number of aromatic nitrogens is 5. The Hall–Kier alpha value is -8.97. The molecule has 20 nitrogen and oxygen atoms in total. The quantitative estimate of drug-likeness (QED) is 0.0722. The Balaban J connectivity index is 0.000000173. The number of nitrogens with zero attached hydrogens (tertiary/aromatic N) is 8. The van der Waals surface area contributed by atoms with Crippen molar-refractivity contribution in [2.24, 2.45) is 14.1 Å². The highest BCUT2D eigenvalue weighted by Crippen LogP contribution is 2.33. The number of imidazole rings is 1. The Labute approximate surface area is 466 Å². The monoisotopic (exact) mass is 1160 g/mol. The first-order chi connectivity index (χ1) is 37.9. The van der Waals surface area contributed by atoms with E-state index in [4.69, 9.17) is 0 Å². The van der Waals surface area contributed by atoms with Crippen LogP contribution >= 0.6 is 11.3 Å². The third kappa shape index (κ3) is 14.2. The number of thiazole rings is 1. The van der Waals surface area contributed by atoms with E-state index < -0.39 is 48.0 Å². The highest BCUT2D eigenvalue weighted by atomic mass is 32.2. The molecule has 0 bridgehead atoms. The largest absolute Gasteiger partial charge is 0.478 e. The zero-order valence-electron chi connectivity index (χ0n) is 43.7. The molecular weight excluding hydrogens is 1100 g/mol. The number of anilines is 3. The predicted octanol–water partition coefficient (Wildman–Crippen LogP) is 9.19. The summed E-state index contributed by atoms with van der Waals surface area (Å²) < 4.78 is 86.4. The fourth-order valence-corrected chi connectivity index (χ4v) is 13.7. The molecule has 24 heteroatoms. The van der Waals surface area contributed by atoms with Crippen LogP contribution in [-0.2, 0) is 63.8 Å². The van der Waals surface area contributed by atoms with Gasteiger partial charge >= 0.3 is 17.9 Å². The van der Waals surface area contributed by atoms with E-state index >= 15 is 0 Å². The molecule has 0 spiro atoms. The van der Waals surface area contributed by atoms with Gasteiger partial charge in [0.1, 0.15) is 5.82 Å². The van der Waals surface area contributed by atoms with Crippen molar-refractivity contribution in [2.75, 3.05) is 12.9 Å². The van der Waals surface area contributed by atoms with Crippen LogP contribution in [0, 0.1) is 20.8 Å². The van der Waals surface area contributed by atoms with Crippen molar-refractivity contribution in [1.82, 2.24) is 24.3 Å². The summed E-state index contributed by atoms with van der Waals surface area (Å²) in [5.74, 6) is -2.80. The highest BCUT2D eigenvalue weighted by Gasteiger charge is 2.32. The van der Waals surface area contributed by atoms with Crippen LogP contribution in [0.15, 0.2) is 197 Å². The first-order valence-corrected chi connectivity index (χ1v) is 29.2. The van der Waals surface area contributed by atoms with Crippen LogP contribution in [0.3, 0.4) is 0 Å². The van der Waals surface area contributed by atoms with Crippen LogP contribution in [-0.4, -0.2) is 82.8 Å². The van der Waals surface area contributed by atoms with Gasteiger partial charge in [-0.05, 0) is 98.1 Å². The summed E-state index contributed by atoms with van der Waals surface area (Å²) in [4.78, 5) is 42.3. The van der Waals surface area contributed by atoms with Gasteiger partial charge in [0.05, 0.1) is 64.1 Å². The highest BCUT2D eigenvalue weighted by molar-refractivity contribution is 7.95. The summed E-state index contributed by atoms with van der Waals surface area (Å²) in [6.45, 7) is 5.33. The number of benzene rings is 6. The van der Waals surface area contributed by atoms with Gasteiger partial charge in [0.2, 0.25) is 0 Å². The third-order valence-corrected chi connectivity index (χ3v) is 18.7. The van der Waals surface area contributed by atoms with Crippen molar-refractivity contribution in [3.05, 3.63) is 232 Å². The predicted molar refractivity (Wildman–Crippen MR) is 302 cm³/mol. The maximum Gasteiger partial charge on any atom is 0.335 e. The molecule has 0 unspecified atom stereocenters. The smallest absolute Gasteiger partial charge is 0.335 e. The van der Waals surface area contributed by atoms with Crippen molar-refractivity contribution in [2.45, 2.75) is 54.7 Å². The number of aromatic carboxylic acids is 3. The van der Waals surface area contributed by atoms with Gasteiger partial charge in [-0.15, -0.1) is 11.3 Å². The summed E-state index contributed by atoms with van der Waals surface area (Å²) in [5.41, 5.74) is 3.64. The minimum absolute atomic E-state index is 0.0109. The maximum atomic E-state index is 13.4. The number of aryl methyl sites for hydroxylation is 5. The van der Waals surface area contributed by atoms with E-state index in [1.807, 2.05) is 91.0 Å². The van der Waals surface area contributed by atoms with Crippen LogP contribution in [0.4, 0.5) is 17.1 Å². The Morgan fingerprint density at radius 1 is 0.487 bits per heavy atom. The Morgan fingerprint density at radius 2 is 0.863 bits per heavy atom. The second-order valence-electron chi connectivity index (χ2n) is 17.7. The molecule has 6 aromatic carbocycles. The molecule has 80 heavy (non-hydrogen) atoms. The first kappa shape index (κ1) is 58.7. The minimum Gasteiger partial charge on any atom is -0.478 e. The molecule has 0 radical (unpaired) electrons. The van der Waals surface area contributed by atoms with Gasteiger partial charge in [-0.2, -0.15) is 21.9 Å². The fraction of sp³-hybridized carbons (Fsp3) is 0.143. The van der Waals surface area contributed by atoms with E-state index in [0.29, 0.717) is 22.2 Å². The average molecular weight is 1160 g/mol. The van der Waals surface area contributed by atoms with E-state index in [1.165, 1.54) is 80.2 Å². The van der Waals surface area contributed by atoms with Crippen molar-refractivity contribution in [1.29, 1.82) is 0 Å². The van der Waals surface area contributed by atoms with Gasteiger partial charge in [0.15, 0.2) is 14.3 Å². The molecule has 3 heterocycles. The average Bonchev–Trinajstić information content (AvgIpc) is 4.28. The van der Waals surface area contributed by atoms with Crippen LogP contribution in [0.25, 0.3) is 0 Å². The standard InChI is InChI=1S/C19H19N3O4S.C19H18N2O4S2.C18H17N3O4S/c1-14-20-18(13-21(14)2)27(25,26)22(12-15-7-4-3-5-8-15)17-10-6-9-16(11-17)19(23)24;1-13-19(26-14(2)20-13)27(24,25)21(12-15-7-4-3-5-8-15)17-10-6-9-16(11-17)18(22)23;1-20-11-10-17(19-20)26(24,25)21(13-14-6-3-2-4-7-14)16-9-5-8-15(12-16)18(22)23/h3-11,13H,12H2,1-2H3,(H,23,24);3-11H,12H2,1-2H3,(H,22,23);2-12H,13H2,1H3,(H,22,23). The van der Waals surface area contributed by atoms with Crippen molar-refractivity contribution >= 4 is 76.4 Å². The van der Waals surface area contributed by atoms with Gasteiger partial charge in [-0.3, -0.25) is 17.6 Å². The summed E-state index contributed by atoms with van der Waals surface area (Å²) in [5, 5.41) is 32.2. The van der Waals surface area contributed by atoms with Crippen molar-refractivity contribution in [3.8, 4) is 0 Å². The maximum absolute atomic E-state index is 13.4. The molecule has 0 atom stereocenters. The number of hydrogen-bond donors (Lipinski definition) is 3. The van der Waals surface area contributed by atoms with Gasteiger partial charge in [-0.1, -0.05) is 109 Å². The molecule has 3 aromatic heterocycles. The summed E-state index contributed by atoms with van der Waals surface area (Å²) in [6.07, 6.45) is 2.99. The zero-order chi connectivity index (χ0) is 57.9. The zero-order valence-corrected chi connectivity index (χ0v) is 46.9. The molecule has 9 aromatic rings. The fourth-order valence-electron chi connectivity index (χ4n) is 7.83. The van der Waals surface area contributed by atoms with E-state index in [1.54, 1.807) is 63.8 Å². The van der Waals surface area contributed by atoms with Gasteiger partial charge in [0.25, 0.3) is 30.1 Å². The van der Waals surface area contributed by atoms with Gasteiger partial charge in [0, 0.05) is 26.5 Å². The lowest BCUT2D eigenvalue weighted by Crippen LogP contribution is -2.31. The van der Waals surface area contributed by atoms with Gasteiger partial charge < -0.3 is 19.9 Å². The van der Waals surface area contributed by atoms with Crippen LogP contribution in [0.1, 0.15) is 64.3 Å². The van der Waals surface area contributed by atoms with Gasteiger partial charge in [-0.25, -0.2) is 32.8 Å². The Kier molecular flexibility index (Phi) is 18.5. The summed E-state index contributed by atoms with van der Waals surface area (Å²) >= 11 is 1.11. The minimum atomic E-state index is -3.99. The second-order valence-corrected chi connectivity index (χ2v) is 24.6. The lowest BCUT2D eigenvalue weighted by Gasteiger charge is -2.24. The number of carbonyl (C=O) groups is 3. The van der Waals surface area contributed by atoms with E-state index in [2.05, 4.69) is 15.1 Å². The molecule has 0 fully saturated rings. The van der Waals surface area contributed by atoms with Crippen molar-refractivity contribution < 1.29 is 55.0 Å². The third-order valence-electron chi connectivity index (χ3n) is 11.9. The number of carboxylic acid groups (broad SMARTS) is 3. The van der Waals surface area contributed by atoms with Crippen LogP contribution in [0.2, 0.25) is 0 Å². The van der Waals surface area contributed by atoms with Crippen molar-refractivity contribution in [3.63, 3.8) is 0 Å². The molecular formula is C56H54N8O12S4. The normalized spacial score (nSPS) is 11.3. The molecule has 0 aliphatic carbocycles. The molecule has 0 saturated heterocycles.